The molecule has 0 amide bonds. The maximum absolute atomic E-state index is 13.3. The van der Waals surface area contributed by atoms with Gasteiger partial charge in [-0.25, -0.2) is 9.37 Å². The quantitative estimate of drug-likeness (QED) is 0.779. The molecule has 2 N–H and O–H groups in total. The van der Waals surface area contributed by atoms with Crippen LogP contribution in [0.15, 0.2) is 42.6 Å². The normalized spacial score (nSPS) is 10.9. The summed E-state index contributed by atoms with van der Waals surface area (Å²) in [6.07, 6.45) is 1.92. The van der Waals surface area contributed by atoms with E-state index in [4.69, 9.17) is 5.73 Å². The van der Waals surface area contributed by atoms with Crippen LogP contribution in [0.3, 0.4) is 0 Å². The molecule has 0 bridgehead atoms. The van der Waals surface area contributed by atoms with Crippen LogP contribution in [0.2, 0.25) is 0 Å². The fraction of sp³-hybridized carbons (Fsp3) is 0.133. The van der Waals surface area contributed by atoms with E-state index >= 15 is 0 Å². The summed E-state index contributed by atoms with van der Waals surface area (Å²) in [5.41, 5.74) is 9.19. The number of anilines is 2. The first-order valence-corrected chi connectivity index (χ1v) is 6.27. The maximum Gasteiger partial charge on any atom is 0.139 e. The minimum absolute atomic E-state index is 0.298. The van der Waals surface area contributed by atoms with Gasteiger partial charge in [-0.2, -0.15) is 0 Å². The molecule has 5 heteroatoms. The number of nitrogen functional groups attached to an aromatic ring is 1. The predicted octanol–water partition coefficient (Wildman–Crippen LogP) is 2.79. The fourth-order valence-corrected chi connectivity index (χ4v) is 2.16. The molecule has 0 fully saturated rings. The van der Waals surface area contributed by atoms with Gasteiger partial charge in [0.05, 0.1) is 5.69 Å². The Morgan fingerprint density at radius 2 is 2.00 bits per heavy atom. The minimum atomic E-state index is -0.298. The van der Waals surface area contributed by atoms with Crippen molar-refractivity contribution in [3.05, 3.63) is 48.4 Å². The molecule has 0 unspecified atom stereocenters. The van der Waals surface area contributed by atoms with Crippen molar-refractivity contribution in [2.45, 2.75) is 0 Å². The topological polar surface area (TPSA) is 46.6 Å². The van der Waals surface area contributed by atoms with Gasteiger partial charge in [0.2, 0.25) is 0 Å². The lowest BCUT2D eigenvalue weighted by molar-refractivity contribution is 0.628. The van der Waals surface area contributed by atoms with Crippen LogP contribution in [0.1, 0.15) is 0 Å². The third-order valence-corrected chi connectivity index (χ3v) is 3.25. The van der Waals surface area contributed by atoms with Crippen LogP contribution in [0.4, 0.5) is 15.9 Å². The molecule has 0 saturated heterocycles. The monoisotopic (exact) mass is 270 g/mol. The molecule has 0 spiro atoms. The van der Waals surface area contributed by atoms with Gasteiger partial charge in [-0.3, -0.25) is 4.40 Å². The van der Waals surface area contributed by atoms with Crippen LogP contribution in [0, 0.1) is 5.82 Å². The molecule has 20 heavy (non-hydrogen) atoms. The van der Waals surface area contributed by atoms with E-state index in [1.165, 1.54) is 12.1 Å². The van der Waals surface area contributed by atoms with E-state index in [0.29, 0.717) is 17.1 Å². The molecule has 3 rings (SSSR count). The van der Waals surface area contributed by atoms with Crippen molar-refractivity contribution < 1.29 is 4.39 Å². The summed E-state index contributed by atoms with van der Waals surface area (Å²) in [4.78, 5) is 6.46. The van der Waals surface area contributed by atoms with E-state index in [1.54, 1.807) is 12.1 Å². The standard InChI is InChI=1S/C15H15FN4/c1-19(2)12-6-7-13-18-14(15(17)20(13)9-12)10-4-3-5-11(16)8-10/h3-9H,17H2,1-2H3. The fourth-order valence-electron chi connectivity index (χ4n) is 2.16. The van der Waals surface area contributed by atoms with Gasteiger partial charge in [-0.15, -0.1) is 0 Å². The average molecular weight is 270 g/mol. The van der Waals surface area contributed by atoms with Gasteiger partial charge in [0.25, 0.3) is 0 Å². The zero-order valence-electron chi connectivity index (χ0n) is 11.3. The van der Waals surface area contributed by atoms with E-state index in [-0.39, 0.29) is 5.82 Å². The molecular weight excluding hydrogens is 255 g/mol. The highest BCUT2D eigenvalue weighted by Crippen LogP contribution is 2.28. The van der Waals surface area contributed by atoms with Gasteiger partial charge in [0.1, 0.15) is 23.0 Å². The molecule has 3 aromatic rings. The van der Waals surface area contributed by atoms with Crippen molar-refractivity contribution in [2.75, 3.05) is 24.7 Å². The Kier molecular flexibility index (Phi) is 2.82. The second-order valence-electron chi connectivity index (χ2n) is 4.87. The lowest BCUT2D eigenvalue weighted by atomic mass is 10.1. The van der Waals surface area contributed by atoms with E-state index in [2.05, 4.69) is 4.98 Å². The first kappa shape index (κ1) is 12.5. The number of hydrogen-bond donors (Lipinski definition) is 1. The van der Waals surface area contributed by atoms with Crippen molar-refractivity contribution in [3.8, 4) is 11.3 Å². The van der Waals surface area contributed by atoms with E-state index in [0.717, 1.165) is 11.3 Å². The number of hydrogen-bond acceptors (Lipinski definition) is 3. The van der Waals surface area contributed by atoms with Crippen LogP contribution >= 0.6 is 0 Å². The Hall–Kier alpha value is -2.56. The molecule has 0 saturated carbocycles. The van der Waals surface area contributed by atoms with E-state index in [9.17, 15) is 4.39 Å². The third kappa shape index (κ3) is 1.97. The zero-order chi connectivity index (χ0) is 14.3. The lowest BCUT2D eigenvalue weighted by Crippen LogP contribution is -2.09. The van der Waals surface area contributed by atoms with Gasteiger partial charge < -0.3 is 10.6 Å². The molecule has 0 aliphatic heterocycles. The summed E-state index contributed by atoms with van der Waals surface area (Å²) >= 11 is 0. The smallest absolute Gasteiger partial charge is 0.139 e. The van der Waals surface area contributed by atoms with Crippen molar-refractivity contribution in [2.24, 2.45) is 0 Å². The molecule has 1 aromatic carbocycles. The van der Waals surface area contributed by atoms with Crippen LogP contribution in [0.5, 0.6) is 0 Å². The molecule has 0 aliphatic rings. The Bertz CT molecular complexity index is 777. The van der Waals surface area contributed by atoms with Gasteiger partial charge >= 0.3 is 0 Å². The predicted molar refractivity (Wildman–Crippen MR) is 79.3 cm³/mol. The summed E-state index contributed by atoms with van der Waals surface area (Å²) in [7, 11) is 3.92. The Balaban J connectivity index is 2.20. The number of benzene rings is 1. The number of aromatic nitrogens is 2. The highest BCUT2D eigenvalue weighted by molar-refractivity contribution is 5.75. The number of rotatable bonds is 2. The SMILES string of the molecule is CN(C)c1ccc2nc(-c3cccc(F)c3)c(N)n2c1. The van der Waals surface area contributed by atoms with Crippen LogP contribution in [-0.2, 0) is 0 Å². The van der Waals surface area contributed by atoms with Gasteiger partial charge in [0, 0.05) is 25.9 Å². The van der Waals surface area contributed by atoms with Crippen molar-refractivity contribution >= 4 is 17.2 Å². The Morgan fingerprint density at radius 1 is 1.20 bits per heavy atom. The molecule has 4 nitrogen and oxygen atoms in total. The minimum Gasteiger partial charge on any atom is -0.383 e. The molecular formula is C15H15FN4. The second kappa shape index (κ2) is 4.52. The maximum atomic E-state index is 13.3. The van der Waals surface area contributed by atoms with Crippen LogP contribution in [-0.4, -0.2) is 23.5 Å². The van der Waals surface area contributed by atoms with Crippen molar-refractivity contribution in [3.63, 3.8) is 0 Å². The number of halogens is 1. The Labute approximate surface area is 116 Å². The molecule has 0 atom stereocenters. The summed E-state index contributed by atoms with van der Waals surface area (Å²) in [6, 6.07) is 10.2. The van der Waals surface area contributed by atoms with Gasteiger partial charge in [0.15, 0.2) is 0 Å². The summed E-state index contributed by atoms with van der Waals surface area (Å²) in [5, 5.41) is 0. The molecule has 0 aliphatic carbocycles. The highest BCUT2D eigenvalue weighted by Gasteiger charge is 2.12. The number of fused-ring (bicyclic) bond motifs is 1. The third-order valence-electron chi connectivity index (χ3n) is 3.25. The molecule has 2 aromatic heterocycles. The summed E-state index contributed by atoms with van der Waals surface area (Å²) in [6.45, 7) is 0. The molecule has 0 radical (unpaired) electrons. The zero-order valence-corrected chi connectivity index (χ0v) is 11.3. The average Bonchev–Trinajstić information content (AvgIpc) is 2.76. The largest absolute Gasteiger partial charge is 0.383 e. The Morgan fingerprint density at radius 3 is 2.70 bits per heavy atom. The van der Waals surface area contributed by atoms with E-state index in [1.807, 2.05) is 41.7 Å². The second-order valence-corrected chi connectivity index (χ2v) is 4.87. The van der Waals surface area contributed by atoms with Crippen molar-refractivity contribution in [1.82, 2.24) is 9.38 Å². The number of nitrogens with two attached hydrogens (primary N) is 1. The lowest BCUT2D eigenvalue weighted by Gasteiger charge is -2.12. The van der Waals surface area contributed by atoms with E-state index < -0.39 is 0 Å². The highest BCUT2D eigenvalue weighted by atomic mass is 19.1. The number of nitrogens with zero attached hydrogens (tertiary/aromatic N) is 3. The van der Waals surface area contributed by atoms with Gasteiger partial charge in [-0.05, 0) is 24.3 Å². The first-order valence-electron chi connectivity index (χ1n) is 6.27. The first-order chi connectivity index (χ1) is 9.56. The van der Waals surface area contributed by atoms with Gasteiger partial charge in [-0.1, -0.05) is 12.1 Å². The summed E-state index contributed by atoms with van der Waals surface area (Å²) in [5.74, 6) is 0.210. The molecule has 102 valence electrons. The number of imidazole rings is 1. The number of pyridine rings is 1. The van der Waals surface area contributed by atoms with Crippen LogP contribution < -0.4 is 10.6 Å². The van der Waals surface area contributed by atoms with Crippen molar-refractivity contribution in [1.29, 1.82) is 0 Å². The van der Waals surface area contributed by atoms with Crippen LogP contribution in [0.25, 0.3) is 16.9 Å². The molecule has 2 heterocycles. The summed E-state index contributed by atoms with van der Waals surface area (Å²) < 4.78 is 15.1.